The van der Waals surface area contributed by atoms with E-state index in [-0.39, 0.29) is 17.7 Å². The minimum Gasteiger partial charge on any atom is -0.345 e. The number of amides is 2. The minimum atomic E-state index is -0.124. The highest BCUT2D eigenvalue weighted by atomic mass is 16.2. The maximum atomic E-state index is 12.8. The first kappa shape index (κ1) is 19.0. The summed E-state index contributed by atoms with van der Waals surface area (Å²) in [6, 6.07) is 5.70. The molecule has 29 heavy (non-hydrogen) atoms. The fraction of sp³-hybridized carbons (Fsp3) is 0.381. The number of likely N-dealkylation sites (tertiary alicyclic amines) is 1. The van der Waals surface area contributed by atoms with Gasteiger partial charge in [-0.15, -0.1) is 0 Å². The summed E-state index contributed by atoms with van der Waals surface area (Å²) < 4.78 is 1.75. The molecule has 150 valence electrons. The van der Waals surface area contributed by atoms with Gasteiger partial charge in [-0.25, -0.2) is 9.50 Å². The monoisotopic (exact) mass is 392 g/mol. The van der Waals surface area contributed by atoms with Gasteiger partial charge in [0.05, 0.1) is 18.3 Å². The maximum Gasteiger partial charge on any atom is 0.258 e. The average molecular weight is 392 g/mol. The number of hydrogen-bond donors (Lipinski definition) is 0. The third-order valence-electron chi connectivity index (χ3n) is 5.34. The molecule has 0 spiro atoms. The Morgan fingerprint density at radius 1 is 1.21 bits per heavy atom. The highest BCUT2D eigenvalue weighted by molar-refractivity contribution is 5.99. The van der Waals surface area contributed by atoms with Crippen molar-refractivity contribution in [3.8, 4) is 0 Å². The second kappa shape index (κ2) is 7.98. The molecule has 0 unspecified atom stereocenters. The van der Waals surface area contributed by atoms with Crippen LogP contribution >= 0.6 is 0 Å². The molecule has 0 radical (unpaired) electrons. The summed E-state index contributed by atoms with van der Waals surface area (Å²) in [6.07, 6.45) is 8.98. The van der Waals surface area contributed by atoms with Gasteiger partial charge in [-0.1, -0.05) is 6.07 Å². The van der Waals surface area contributed by atoms with E-state index in [1.165, 1.54) is 4.90 Å². The third kappa shape index (κ3) is 3.83. The number of aromatic nitrogens is 4. The molecule has 1 aliphatic rings. The van der Waals surface area contributed by atoms with Gasteiger partial charge < -0.3 is 9.80 Å². The van der Waals surface area contributed by atoms with E-state index in [4.69, 9.17) is 0 Å². The van der Waals surface area contributed by atoms with Gasteiger partial charge in [-0.05, 0) is 30.5 Å². The average Bonchev–Trinajstić information content (AvgIpc) is 3.18. The van der Waals surface area contributed by atoms with Crippen molar-refractivity contribution in [3.05, 3.63) is 59.8 Å². The normalized spacial score (nSPS) is 16.8. The molecule has 0 aromatic carbocycles. The number of fused-ring (bicyclic) bond motifs is 1. The summed E-state index contributed by atoms with van der Waals surface area (Å²) in [5.41, 5.74) is 2.94. The van der Waals surface area contributed by atoms with Crippen LogP contribution in [0, 0.1) is 0 Å². The Labute approximate surface area is 169 Å². The Bertz CT molecular complexity index is 1030. The summed E-state index contributed by atoms with van der Waals surface area (Å²) >= 11 is 0. The van der Waals surface area contributed by atoms with Crippen molar-refractivity contribution < 1.29 is 9.59 Å². The van der Waals surface area contributed by atoms with Gasteiger partial charge in [0, 0.05) is 51.7 Å². The van der Waals surface area contributed by atoms with Crippen LogP contribution in [0.25, 0.3) is 5.65 Å². The van der Waals surface area contributed by atoms with Gasteiger partial charge in [0.15, 0.2) is 5.65 Å². The molecule has 1 fully saturated rings. The van der Waals surface area contributed by atoms with Crippen molar-refractivity contribution in [1.29, 1.82) is 0 Å². The van der Waals surface area contributed by atoms with Gasteiger partial charge >= 0.3 is 0 Å². The van der Waals surface area contributed by atoms with E-state index in [0.29, 0.717) is 24.2 Å². The summed E-state index contributed by atoms with van der Waals surface area (Å²) in [6.45, 7) is 1.39. The molecule has 4 rings (SSSR count). The highest BCUT2D eigenvalue weighted by Gasteiger charge is 2.27. The first-order chi connectivity index (χ1) is 14.0. The second-order valence-corrected chi connectivity index (χ2v) is 7.58. The van der Waals surface area contributed by atoms with E-state index >= 15 is 0 Å². The molecule has 8 nitrogen and oxygen atoms in total. The molecule has 2 amide bonds. The zero-order valence-electron chi connectivity index (χ0n) is 16.7. The van der Waals surface area contributed by atoms with Crippen LogP contribution in [-0.4, -0.2) is 68.4 Å². The van der Waals surface area contributed by atoms with Crippen LogP contribution in [0.1, 0.15) is 40.4 Å². The molecule has 3 aromatic rings. The number of carbonyl (C=O) groups excluding carboxylic acids is 2. The highest BCUT2D eigenvalue weighted by Crippen LogP contribution is 2.28. The van der Waals surface area contributed by atoms with Crippen LogP contribution in [0.15, 0.2) is 43.0 Å². The Balaban J connectivity index is 1.56. The Kier molecular flexibility index (Phi) is 5.24. The van der Waals surface area contributed by atoms with Crippen LogP contribution in [0.4, 0.5) is 0 Å². The quantitative estimate of drug-likeness (QED) is 0.676. The van der Waals surface area contributed by atoms with Crippen LogP contribution in [0.3, 0.4) is 0 Å². The Morgan fingerprint density at radius 3 is 2.83 bits per heavy atom. The molecular weight excluding hydrogens is 368 g/mol. The predicted octanol–water partition coefficient (Wildman–Crippen LogP) is 1.77. The fourth-order valence-electron chi connectivity index (χ4n) is 3.84. The van der Waals surface area contributed by atoms with E-state index in [2.05, 4.69) is 15.1 Å². The number of pyridine rings is 1. The van der Waals surface area contributed by atoms with E-state index in [1.807, 2.05) is 23.1 Å². The molecule has 1 atom stereocenters. The number of piperidine rings is 1. The summed E-state index contributed by atoms with van der Waals surface area (Å²) in [4.78, 5) is 37.1. The first-order valence-electron chi connectivity index (χ1n) is 9.75. The second-order valence-electron chi connectivity index (χ2n) is 7.58. The molecule has 0 bridgehead atoms. The molecule has 0 aliphatic carbocycles. The van der Waals surface area contributed by atoms with Gasteiger partial charge in [0.25, 0.3) is 5.91 Å². The summed E-state index contributed by atoms with van der Waals surface area (Å²) in [7, 11) is 3.42. The van der Waals surface area contributed by atoms with Crippen molar-refractivity contribution in [2.24, 2.45) is 0 Å². The smallest absolute Gasteiger partial charge is 0.258 e. The van der Waals surface area contributed by atoms with E-state index in [9.17, 15) is 9.59 Å². The van der Waals surface area contributed by atoms with Crippen LogP contribution in [-0.2, 0) is 11.2 Å². The van der Waals surface area contributed by atoms with Gasteiger partial charge in [0.1, 0.15) is 5.56 Å². The lowest BCUT2D eigenvalue weighted by Crippen LogP contribution is -2.40. The molecule has 3 aromatic heterocycles. The fourth-order valence-corrected chi connectivity index (χ4v) is 3.84. The zero-order valence-corrected chi connectivity index (χ0v) is 16.7. The maximum absolute atomic E-state index is 12.8. The van der Waals surface area contributed by atoms with Crippen LogP contribution in [0.5, 0.6) is 0 Å². The largest absolute Gasteiger partial charge is 0.345 e. The van der Waals surface area contributed by atoms with Crippen LogP contribution < -0.4 is 0 Å². The van der Waals surface area contributed by atoms with E-state index in [0.717, 1.165) is 30.6 Å². The molecule has 8 heteroatoms. The predicted molar refractivity (Wildman–Crippen MR) is 108 cm³/mol. The SMILES string of the molecule is CN(C)C(=O)c1cnn2c([C@H]3CCCN(C(=O)Cc4cccnc4)C3)ccnc12. The van der Waals surface area contributed by atoms with Gasteiger partial charge in [0.2, 0.25) is 5.91 Å². The lowest BCUT2D eigenvalue weighted by Gasteiger charge is -2.33. The van der Waals surface area contributed by atoms with Crippen molar-refractivity contribution in [1.82, 2.24) is 29.4 Å². The lowest BCUT2D eigenvalue weighted by molar-refractivity contribution is -0.131. The van der Waals surface area contributed by atoms with E-state index in [1.54, 1.807) is 43.4 Å². The summed E-state index contributed by atoms with van der Waals surface area (Å²) in [5.74, 6) is 0.132. The Morgan fingerprint density at radius 2 is 2.07 bits per heavy atom. The third-order valence-corrected chi connectivity index (χ3v) is 5.34. The van der Waals surface area contributed by atoms with Crippen molar-refractivity contribution in [2.75, 3.05) is 27.2 Å². The van der Waals surface area contributed by atoms with Crippen LogP contribution in [0.2, 0.25) is 0 Å². The van der Waals surface area contributed by atoms with Gasteiger partial charge in [-0.2, -0.15) is 5.10 Å². The first-order valence-corrected chi connectivity index (χ1v) is 9.75. The number of carbonyl (C=O) groups is 2. The van der Waals surface area contributed by atoms with Crippen molar-refractivity contribution in [2.45, 2.75) is 25.2 Å². The Hall–Kier alpha value is -3.29. The lowest BCUT2D eigenvalue weighted by atomic mass is 9.94. The molecule has 4 heterocycles. The molecular formula is C21H24N6O2. The number of rotatable bonds is 4. The van der Waals surface area contributed by atoms with Crippen molar-refractivity contribution in [3.63, 3.8) is 0 Å². The molecule has 1 aliphatic heterocycles. The molecule has 0 N–H and O–H groups in total. The molecule has 0 saturated carbocycles. The van der Waals surface area contributed by atoms with Gasteiger partial charge in [-0.3, -0.25) is 14.6 Å². The number of nitrogens with zero attached hydrogens (tertiary/aromatic N) is 6. The topological polar surface area (TPSA) is 83.7 Å². The number of hydrogen-bond acceptors (Lipinski definition) is 5. The van der Waals surface area contributed by atoms with E-state index < -0.39 is 0 Å². The van der Waals surface area contributed by atoms with Crippen molar-refractivity contribution >= 4 is 17.5 Å². The minimum absolute atomic E-state index is 0.108. The summed E-state index contributed by atoms with van der Waals surface area (Å²) in [5, 5.41) is 4.43. The zero-order chi connectivity index (χ0) is 20.4. The standard InChI is InChI=1S/C21H24N6O2/c1-25(2)21(29)17-13-24-27-18(7-9-23-20(17)27)16-6-4-10-26(14-16)19(28)11-15-5-3-8-22-12-15/h3,5,7-9,12-13,16H,4,6,10-11,14H2,1-2H3/t16-/m0/s1. The molecule has 1 saturated heterocycles.